The Bertz CT molecular complexity index is 777. The number of benzene rings is 1. The van der Waals surface area contributed by atoms with Crippen molar-refractivity contribution in [3.05, 3.63) is 29.0 Å². The lowest BCUT2D eigenvalue weighted by Gasteiger charge is -2.13. The van der Waals surface area contributed by atoms with Crippen molar-refractivity contribution in [3.63, 3.8) is 0 Å². The first-order valence-corrected chi connectivity index (χ1v) is 10.5. The average Bonchev–Trinajstić information content (AvgIpc) is 3.32. The number of aryl methyl sites for hydroxylation is 1. The van der Waals surface area contributed by atoms with Crippen molar-refractivity contribution < 1.29 is 9.53 Å². The van der Waals surface area contributed by atoms with Crippen LogP contribution in [0.2, 0.25) is 5.02 Å². The number of halogens is 1. The van der Waals surface area contributed by atoms with Crippen LogP contribution in [0, 0.1) is 5.92 Å². The van der Waals surface area contributed by atoms with E-state index in [9.17, 15) is 4.79 Å². The second-order valence-electron chi connectivity index (χ2n) is 6.85. The van der Waals surface area contributed by atoms with Crippen LogP contribution in [0.1, 0.15) is 44.9 Å². The predicted octanol–water partition coefficient (Wildman–Crippen LogP) is 4.71. The fourth-order valence-electron chi connectivity index (χ4n) is 3.31. The van der Waals surface area contributed by atoms with Crippen LogP contribution < -0.4 is 10.1 Å². The average molecular weight is 409 g/mol. The summed E-state index contributed by atoms with van der Waals surface area (Å²) in [5, 5.41) is 10.9. The minimum atomic E-state index is -0.354. The molecule has 1 aromatic carbocycles. The Morgan fingerprint density at radius 2 is 2.22 bits per heavy atom. The van der Waals surface area contributed by atoms with Crippen molar-refractivity contribution in [1.82, 2.24) is 15.2 Å². The van der Waals surface area contributed by atoms with E-state index < -0.39 is 0 Å². The molecule has 0 aliphatic heterocycles. The number of nitrogens with one attached hydrogen (secondary N) is 2. The van der Waals surface area contributed by atoms with Gasteiger partial charge in [0.15, 0.2) is 0 Å². The molecule has 6 nitrogen and oxygen atoms in total. The third kappa shape index (κ3) is 5.62. The topological polar surface area (TPSA) is 79.9 Å². The number of ether oxygens (including phenoxy) is 1. The van der Waals surface area contributed by atoms with Crippen molar-refractivity contribution in [2.24, 2.45) is 5.92 Å². The van der Waals surface area contributed by atoms with Crippen molar-refractivity contribution >= 4 is 35.0 Å². The van der Waals surface area contributed by atoms with E-state index in [1.54, 1.807) is 25.3 Å². The van der Waals surface area contributed by atoms with E-state index in [0.717, 1.165) is 24.6 Å². The van der Waals surface area contributed by atoms with Crippen LogP contribution >= 0.6 is 23.4 Å². The Morgan fingerprint density at radius 1 is 1.44 bits per heavy atom. The number of anilines is 1. The van der Waals surface area contributed by atoms with E-state index >= 15 is 0 Å². The number of aromatic nitrogens is 3. The largest absolute Gasteiger partial charge is 0.495 e. The van der Waals surface area contributed by atoms with Crippen molar-refractivity contribution in [3.8, 4) is 5.75 Å². The Hall–Kier alpha value is -1.73. The van der Waals surface area contributed by atoms with Crippen LogP contribution in [0.4, 0.5) is 5.69 Å². The molecule has 2 aromatic rings. The summed E-state index contributed by atoms with van der Waals surface area (Å²) in [6.07, 6.45) is 7.45. The lowest BCUT2D eigenvalue weighted by atomic mass is 10.0. The van der Waals surface area contributed by atoms with Crippen molar-refractivity contribution in [1.29, 1.82) is 0 Å². The summed E-state index contributed by atoms with van der Waals surface area (Å²) in [6, 6.07) is 5.11. The first-order chi connectivity index (χ1) is 13.0. The number of hydrogen-bond acceptors (Lipinski definition) is 5. The molecule has 1 aliphatic carbocycles. The maximum absolute atomic E-state index is 12.5. The third-order valence-corrected chi connectivity index (χ3v) is 6.04. The minimum Gasteiger partial charge on any atom is -0.495 e. The fraction of sp³-hybridized carbons (Fsp3) is 0.526. The number of aromatic amines is 1. The number of nitrogens with zero attached hydrogens (tertiary/aromatic N) is 2. The molecule has 2 N–H and O–H groups in total. The van der Waals surface area contributed by atoms with E-state index in [1.807, 2.05) is 6.92 Å². The zero-order valence-corrected chi connectivity index (χ0v) is 17.2. The number of rotatable bonds is 8. The number of carbonyl (C=O) groups is 1. The van der Waals surface area contributed by atoms with Gasteiger partial charge >= 0.3 is 0 Å². The van der Waals surface area contributed by atoms with E-state index in [1.165, 1.54) is 37.4 Å². The maximum atomic E-state index is 12.5. The van der Waals surface area contributed by atoms with Gasteiger partial charge in [-0.3, -0.25) is 9.89 Å². The smallest absolute Gasteiger partial charge is 0.237 e. The van der Waals surface area contributed by atoms with Gasteiger partial charge in [0.1, 0.15) is 11.6 Å². The van der Waals surface area contributed by atoms with Crippen LogP contribution in [0.15, 0.2) is 23.4 Å². The van der Waals surface area contributed by atoms with Crippen LogP contribution in [0.5, 0.6) is 5.75 Å². The quantitative estimate of drug-likeness (QED) is 0.618. The molecule has 1 aliphatic rings. The molecular weight excluding hydrogens is 384 g/mol. The third-order valence-electron chi connectivity index (χ3n) is 4.85. The Kier molecular flexibility index (Phi) is 7.01. The number of hydrogen-bond donors (Lipinski definition) is 2. The van der Waals surface area contributed by atoms with Crippen LogP contribution in [-0.4, -0.2) is 33.4 Å². The van der Waals surface area contributed by atoms with Crippen molar-refractivity contribution in [2.75, 3.05) is 12.4 Å². The van der Waals surface area contributed by atoms with Crippen LogP contribution in [0.3, 0.4) is 0 Å². The molecule has 1 heterocycles. The maximum Gasteiger partial charge on any atom is 0.237 e. The summed E-state index contributed by atoms with van der Waals surface area (Å²) in [4.78, 5) is 17.0. The van der Waals surface area contributed by atoms with Gasteiger partial charge in [-0.05, 0) is 37.5 Å². The van der Waals surface area contributed by atoms with Gasteiger partial charge in [0.05, 0.1) is 18.0 Å². The SMILES string of the molecule is COc1ccc(Cl)cc1NC(=O)C(C)Sc1n[nH]c(CCC2CCCC2)n1. The highest BCUT2D eigenvalue weighted by Crippen LogP contribution is 2.30. The Morgan fingerprint density at radius 3 is 2.96 bits per heavy atom. The molecule has 1 aromatic heterocycles. The van der Waals surface area contributed by atoms with Gasteiger partial charge in [-0.25, -0.2) is 4.98 Å². The highest BCUT2D eigenvalue weighted by atomic mass is 35.5. The van der Waals surface area contributed by atoms with Gasteiger partial charge in [-0.1, -0.05) is 49.0 Å². The van der Waals surface area contributed by atoms with Crippen molar-refractivity contribution in [2.45, 2.75) is 55.9 Å². The number of H-pyrrole nitrogens is 1. The first kappa shape index (κ1) is 20.0. The van der Waals surface area contributed by atoms with E-state index in [4.69, 9.17) is 16.3 Å². The normalized spacial score (nSPS) is 15.7. The standard InChI is InChI=1S/C19H25ClN4O2S/c1-12(18(25)21-15-11-14(20)8-9-16(15)26-2)27-19-22-17(23-24-19)10-7-13-5-3-4-6-13/h8-9,11-13H,3-7,10H2,1-2H3,(H,21,25)(H,22,23,24). The first-order valence-electron chi connectivity index (χ1n) is 9.27. The zero-order chi connectivity index (χ0) is 19.2. The number of carbonyl (C=O) groups excluding carboxylic acids is 1. The number of amides is 1. The molecule has 8 heteroatoms. The molecule has 0 saturated heterocycles. The van der Waals surface area contributed by atoms with Gasteiger partial charge in [-0.15, -0.1) is 5.10 Å². The van der Waals surface area contributed by atoms with Gasteiger partial charge in [0.25, 0.3) is 0 Å². The number of methoxy groups -OCH3 is 1. The van der Waals surface area contributed by atoms with Gasteiger partial charge in [-0.2, -0.15) is 0 Å². The summed E-state index contributed by atoms with van der Waals surface area (Å²) in [7, 11) is 1.55. The highest BCUT2D eigenvalue weighted by Gasteiger charge is 2.20. The predicted molar refractivity (Wildman–Crippen MR) is 109 cm³/mol. The van der Waals surface area contributed by atoms with E-state index in [0.29, 0.717) is 21.6 Å². The molecule has 1 amide bonds. The highest BCUT2D eigenvalue weighted by molar-refractivity contribution is 8.00. The molecule has 0 radical (unpaired) electrons. The monoisotopic (exact) mass is 408 g/mol. The molecular formula is C19H25ClN4O2S. The van der Waals surface area contributed by atoms with Gasteiger partial charge in [0.2, 0.25) is 11.1 Å². The molecule has 1 unspecified atom stereocenters. The van der Waals surface area contributed by atoms with E-state index in [2.05, 4.69) is 20.5 Å². The fourth-order valence-corrected chi connectivity index (χ4v) is 4.22. The lowest BCUT2D eigenvalue weighted by molar-refractivity contribution is -0.115. The summed E-state index contributed by atoms with van der Waals surface area (Å²) < 4.78 is 5.26. The molecule has 0 bridgehead atoms. The van der Waals surface area contributed by atoms with Crippen LogP contribution in [0.25, 0.3) is 0 Å². The summed E-state index contributed by atoms with van der Waals surface area (Å²) in [6.45, 7) is 1.82. The summed E-state index contributed by atoms with van der Waals surface area (Å²) >= 11 is 7.34. The molecule has 27 heavy (non-hydrogen) atoms. The Labute approximate surface area is 168 Å². The second kappa shape index (κ2) is 9.46. The molecule has 1 fully saturated rings. The zero-order valence-electron chi connectivity index (χ0n) is 15.6. The van der Waals surface area contributed by atoms with Gasteiger partial charge < -0.3 is 10.1 Å². The summed E-state index contributed by atoms with van der Waals surface area (Å²) in [5.41, 5.74) is 0.551. The molecule has 1 atom stereocenters. The van der Waals surface area contributed by atoms with E-state index in [-0.39, 0.29) is 11.2 Å². The summed E-state index contributed by atoms with van der Waals surface area (Å²) in [5.74, 6) is 2.13. The molecule has 3 rings (SSSR count). The lowest BCUT2D eigenvalue weighted by Crippen LogP contribution is -2.22. The molecule has 146 valence electrons. The van der Waals surface area contributed by atoms with Gasteiger partial charge in [0, 0.05) is 11.4 Å². The van der Waals surface area contributed by atoms with Crippen LogP contribution in [-0.2, 0) is 11.2 Å². The minimum absolute atomic E-state index is 0.155. The molecule has 1 saturated carbocycles. The molecule has 0 spiro atoms. The Balaban J connectivity index is 1.53. The number of thioether (sulfide) groups is 1. The second-order valence-corrected chi connectivity index (χ2v) is 8.59.